The Kier molecular flexibility index (Phi) is 6.40. The van der Waals surface area contributed by atoms with Gasteiger partial charge in [0.1, 0.15) is 0 Å². The van der Waals surface area contributed by atoms with Crippen LogP contribution in [0.5, 0.6) is 0 Å². The second-order valence-electron chi connectivity index (χ2n) is 6.15. The molecule has 0 saturated heterocycles. The predicted octanol–water partition coefficient (Wildman–Crippen LogP) is 5.74. The molecule has 0 saturated carbocycles. The van der Waals surface area contributed by atoms with Crippen molar-refractivity contribution in [1.29, 1.82) is 0 Å². The summed E-state index contributed by atoms with van der Waals surface area (Å²) in [6.45, 7) is 1.46. The number of ketones is 1. The van der Waals surface area contributed by atoms with Crippen LogP contribution in [0.3, 0.4) is 0 Å². The normalized spacial score (nSPS) is 11.0. The largest absolute Gasteiger partial charge is 0.353 e. The zero-order valence-electron chi connectivity index (χ0n) is 15.3. The maximum atomic E-state index is 12.8. The number of rotatable bonds is 6. The van der Waals surface area contributed by atoms with Crippen molar-refractivity contribution in [1.82, 2.24) is 0 Å². The summed E-state index contributed by atoms with van der Waals surface area (Å²) in [5, 5.41) is 6.10. The van der Waals surface area contributed by atoms with Gasteiger partial charge in [0.15, 0.2) is 5.78 Å². The fraction of sp³-hybridized carbons (Fsp3) is 0.0435. The first kappa shape index (κ1) is 19.6. The second-order valence-corrected chi connectivity index (χ2v) is 7.06. The molecule has 0 heterocycles. The Bertz CT molecular complexity index is 1010. The van der Waals surface area contributed by atoms with E-state index in [1.165, 1.54) is 6.92 Å². The van der Waals surface area contributed by atoms with Crippen LogP contribution in [-0.4, -0.2) is 11.7 Å². The number of hydrogen-bond acceptors (Lipinski definition) is 3. The highest BCUT2D eigenvalue weighted by molar-refractivity contribution is 9.10. The first-order valence-electron chi connectivity index (χ1n) is 8.73. The van der Waals surface area contributed by atoms with Gasteiger partial charge in [-0.15, -0.1) is 0 Å². The van der Waals surface area contributed by atoms with Crippen molar-refractivity contribution in [3.8, 4) is 0 Å². The minimum Gasteiger partial charge on any atom is -0.353 e. The van der Waals surface area contributed by atoms with Crippen molar-refractivity contribution in [2.75, 3.05) is 10.6 Å². The van der Waals surface area contributed by atoms with Gasteiger partial charge in [-0.05, 0) is 42.0 Å². The summed E-state index contributed by atoms with van der Waals surface area (Å²) in [7, 11) is 0. The molecule has 140 valence electrons. The third-order valence-electron chi connectivity index (χ3n) is 4.00. The summed E-state index contributed by atoms with van der Waals surface area (Å²) in [6, 6.07) is 24.2. The number of carbonyl (C=O) groups excluding carboxylic acids is 2. The number of nitrogens with one attached hydrogen (secondary N) is 2. The van der Waals surface area contributed by atoms with Crippen LogP contribution in [0.2, 0.25) is 0 Å². The van der Waals surface area contributed by atoms with E-state index in [1.807, 2.05) is 66.7 Å². The Hall–Kier alpha value is -3.18. The molecule has 2 N–H and O–H groups in total. The first-order valence-corrected chi connectivity index (χ1v) is 9.53. The average Bonchev–Trinajstić information content (AvgIpc) is 2.69. The van der Waals surface area contributed by atoms with E-state index in [-0.39, 0.29) is 11.7 Å². The smallest absolute Gasteiger partial charge is 0.221 e. The summed E-state index contributed by atoms with van der Waals surface area (Å²) >= 11 is 3.38. The van der Waals surface area contributed by atoms with Gasteiger partial charge in [0.05, 0.1) is 11.4 Å². The molecule has 3 aromatic rings. The van der Waals surface area contributed by atoms with Gasteiger partial charge in [0, 0.05) is 28.7 Å². The Labute approximate surface area is 172 Å². The van der Waals surface area contributed by atoms with E-state index >= 15 is 0 Å². The molecule has 0 radical (unpaired) electrons. The van der Waals surface area contributed by atoms with E-state index in [2.05, 4.69) is 26.6 Å². The lowest BCUT2D eigenvalue weighted by Gasteiger charge is -2.15. The Morgan fingerprint density at radius 3 is 1.93 bits per heavy atom. The second kappa shape index (κ2) is 9.15. The lowest BCUT2D eigenvalue weighted by molar-refractivity contribution is -0.114. The summed E-state index contributed by atoms with van der Waals surface area (Å²) in [5.41, 5.74) is 3.45. The highest BCUT2D eigenvalue weighted by atomic mass is 79.9. The number of anilines is 2. The highest BCUT2D eigenvalue weighted by Gasteiger charge is 2.10. The molecule has 0 aliphatic carbocycles. The molecule has 5 heteroatoms. The maximum absolute atomic E-state index is 12.8. The van der Waals surface area contributed by atoms with Gasteiger partial charge >= 0.3 is 0 Å². The van der Waals surface area contributed by atoms with E-state index in [0.717, 1.165) is 10.0 Å². The molecule has 0 bridgehead atoms. The van der Waals surface area contributed by atoms with Crippen LogP contribution in [0, 0.1) is 0 Å². The van der Waals surface area contributed by atoms with E-state index in [9.17, 15) is 9.59 Å². The van der Waals surface area contributed by atoms with Crippen LogP contribution in [0.15, 0.2) is 89.4 Å². The standard InChI is InChI=1S/C23H19BrN2O2/c1-16(27)25-20-9-5-6-10-21(20)26-22(17-7-3-2-4-8-17)15-23(28)18-11-13-19(24)14-12-18/h2-15,26H,1H3,(H,25,27)/b22-15-. The quantitative estimate of drug-likeness (QED) is 0.383. The van der Waals surface area contributed by atoms with Gasteiger partial charge in [-0.25, -0.2) is 0 Å². The Morgan fingerprint density at radius 1 is 0.750 bits per heavy atom. The Balaban J connectivity index is 1.98. The molecule has 28 heavy (non-hydrogen) atoms. The average molecular weight is 435 g/mol. The van der Waals surface area contributed by atoms with Crippen LogP contribution in [-0.2, 0) is 4.79 Å². The highest BCUT2D eigenvalue weighted by Crippen LogP contribution is 2.26. The van der Waals surface area contributed by atoms with Gasteiger partial charge < -0.3 is 10.6 Å². The molecule has 4 nitrogen and oxygen atoms in total. The summed E-state index contributed by atoms with van der Waals surface area (Å²) in [5.74, 6) is -0.277. The third kappa shape index (κ3) is 5.18. The SMILES string of the molecule is CC(=O)Nc1ccccc1N/C(=C\C(=O)c1ccc(Br)cc1)c1ccccc1. The molecule has 0 unspecified atom stereocenters. The predicted molar refractivity (Wildman–Crippen MR) is 117 cm³/mol. The fourth-order valence-corrected chi connectivity index (χ4v) is 2.94. The molecule has 0 atom stereocenters. The molecule has 1 amide bonds. The fourth-order valence-electron chi connectivity index (χ4n) is 2.67. The van der Waals surface area contributed by atoms with Crippen LogP contribution >= 0.6 is 15.9 Å². The molecule has 3 aromatic carbocycles. The van der Waals surface area contributed by atoms with Crippen LogP contribution in [0.25, 0.3) is 5.70 Å². The molecular formula is C23H19BrN2O2. The van der Waals surface area contributed by atoms with Crippen molar-refractivity contribution < 1.29 is 9.59 Å². The number of allylic oxidation sites excluding steroid dienone is 1. The first-order chi connectivity index (χ1) is 13.5. The van der Waals surface area contributed by atoms with Gasteiger partial charge in [-0.1, -0.05) is 58.4 Å². The maximum Gasteiger partial charge on any atom is 0.221 e. The van der Waals surface area contributed by atoms with E-state index < -0.39 is 0 Å². The lowest BCUT2D eigenvalue weighted by Crippen LogP contribution is -2.10. The number of hydrogen-bond donors (Lipinski definition) is 2. The van der Waals surface area contributed by atoms with Gasteiger partial charge in [0.2, 0.25) is 5.91 Å². The van der Waals surface area contributed by atoms with Crippen LogP contribution < -0.4 is 10.6 Å². The third-order valence-corrected chi connectivity index (χ3v) is 4.52. The number of para-hydroxylation sites is 2. The van der Waals surface area contributed by atoms with Crippen LogP contribution in [0.4, 0.5) is 11.4 Å². The van der Waals surface area contributed by atoms with E-state index in [0.29, 0.717) is 22.6 Å². The topological polar surface area (TPSA) is 58.2 Å². The molecule has 3 rings (SSSR count). The molecule has 0 spiro atoms. The molecule has 0 aromatic heterocycles. The van der Waals surface area contributed by atoms with Crippen molar-refractivity contribution in [2.45, 2.75) is 6.92 Å². The molecular weight excluding hydrogens is 416 g/mol. The van der Waals surface area contributed by atoms with Gasteiger partial charge in [-0.2, -0.15) is 0 Å². The van der Waals surface area contributed by atoms with Gasteiger partial charge in [-0.3, -0.25) is 9.59 Å². The lowest BCUT2D eigenvalue weighted by atomic mass is 10.1. The molecule has 0 aliphatic rings. The monoisotopic (exact) mass is 434 g/mol. The zero-order chi connectivity index (χ0) is 19.9. The summed E-state index contributed by atoms with van der Waals surface area (Å²) in [4.78, 5) is 24.3. The van der Waals surface area contributed by atoms with Gasteiger partial charge in [0.25, 0.3) is 0 Å². The van der Waals surface area contributed by atoms with Crippen molar-refractivity contribution in [3.05, 3.63) is 101 Å². The van der Waals surface area contributed by atoms with Crippen LogP contribution in [0.1, 0.15) is 22.8 Å². The zero-order valence-corrected chi connectivity index (χ0v) is 16.9. The number of halogens is 1. The number of amides is 1. The summed E-state index contributed by atoms with van der Waals surface area (Å²) in [6.07, 6.45) is 1.57. The van der Waals surface area contributed by atoms with Crippen molar-refractivity contribution in [3.63, 3.8) is 0 Å². The Morgan fingerprint density at radius 2 is 1.32 bits per heavy atom. The molecule has 0 aliphatic heterocycles. The number of carbonyl (C=O) groups is 2. The minimum absolute atomic E-state index is 0.115. The van der Waals surface area contributed by atoms with Crippen molar-refractivity contribution >= 4 is 44.7 Å². The number of benzene rings is 3. The van der Waals surface area contributed by atoms with E-state index in [1.54, 1.807) is 18.2 Å². The van der Waals surface area contributed by atoms with E-state index in [4.69, 9.17) is 0 Å². The van der Waals surface area contributed by atoms with Crippen molar-refractivity contribution in [2.24, 2.45) is 0 Å². The summed E-state index contributed by atoms with van der Waals surface area (Å²) < 4.78 is 0.915. The minimum atomic E-state index is -0.162. The molecule has 0 fully saturated rings.